The van der Waals surface area contributed by atoms with E-state index in [9.17, 15) is 37.7 Å². The summed E-state index contributed by atoms with van der Waals surface area (Å²) in [7, 11) is 1.42. The van der Waals surface area contributed by atoms with E-state index in [2.05, 4.69) is 4.99 Å². The highest BCUT2D eigenvalue weighted by atomic mass is 19.4. The van der Waals surface area contributed by atoms with Crippen LogP contribution in [-0.2, 0) is 15.7 Å². The molecule has 1 aliphatic rings. The van der Waals surface area contributed by atoms with Crippen molar-refractivity contribution < 1.29 is 37.2 Å². The molecule has 40 heavy (non-hydrogen) atoms. The smallest absolute Gasteiger partial charge is 0.416 e. The molecule has 1 aliphatic heterocycles. The highest BCUT2D eigenvalue weighted by Gasteiger charge is 2.43. The second kappa shape index (κ2) is 12.3. The zero-order chi connectivity index (χ0) is 29.8. The molecule has 0 saturated heterocycles. The standard InChI is InChI=1S/C27H29F3N4O6/c1-16(2)40-25(36)22-17(3)31-26(37)33(23(22)18-8-6-11-21(15-18)34(38)39)13-7-12-32(4)24(35)19-9-5-10-20(14-19)27(28,29)30/h5-6,8-11,14-16,22-23H,7,12-13H2,1-4H3. The molecule has 0 fully saturated rings. The molecule has 0 spiro atoms. The Morgan fingerprint density at radius 2 is 1.85 bits per heavy atom. The van der Waals surface area contributed by atoms with Gasteiger partial charge >= 0.3 is 18.2 Å². The molecule has 1 heterocycles. The largest absolute Gasteiger partial charge is 0.462 e. The number of rotatable bonds is 9. The Morgan fingerprint density at radius 1 is 1.18 bits per heavy atom. The van der Waals surface area contributed by atoms with E-state index in [0.29, 0.717) is 5.56 Å². The second-order valence-corrected chi connectivity index (χ2v) is 9.65. The average molecular weight is 563 g/mol. The molecule has 10 nitrogen and oxygen atoms in total. The Morgan fingerprint density at radius 3 is 2.48 bits per heavy atom. The van der Waals surface area contributed by atoms with Gasteiger partial charge in [-0.05, 0) is 51.0 Å². The van der Waals surface area contributed by atoms with Crippen molar-refractivity contribution in [3.63, 3.8) is 0 Å². The zero-order valence-electron chi connectivity index (χ0n) is 22.3. The van der Waals surface area contributed by atoms with Crippen LogP contribution in [0.5, 0.6) is 0 Å². The van der Waals surface area contributed by atoms with Crippen molar-refractivity contribution in [2.24, 2.45) is 10.9 Å². The summed E-state index contributed by atoms with van der Waals surface area (Å²) in [4.78, 5) is 56.2. The Hall–Kier alpha value is -4.29. The van der Waals surface area contributed by atoms with E-state index in [1.54, 1.807) is 19.9 Å². The number of aliphatic imine (C=N–C) groups is 1. The van der Waals surface area contributed by atoms with E-state index in [1.807, 2.05) is 0 Å². The van der Waals surface area contributed by atoms with E-state index < -0.39 is 52.6 Å². The lowest BCUT2D eigenvalue weighted by atomic mass is 9.86. The van der Waals surface area contributed by atoms with Crippen molar-refractivity contribution in [3.8, 4) is 0 Å². The van der Waals surface area contributed by atoms with Crippen LogP contribution in [0, 0.1) is 16.0 Å². The number of amides is 3. The Balaban J connectivity index is 1.85. The van der Waals surface area contributed by atoms with Crippen LogP contribution >= 0.6 is 0 Å². The number of nitro groups is 1. The van der Waals surface area contributed by atoms with Crippen LogP contribution in [0.4, 0.5) is 23.7 Å². The maximum Gasteiger partial charge on any atom is 0.416 e. The third kappa shape index (κ3) is 7.01. The van der Waals surface area contributed by atoms with Crippen molar-refractivity contribution >= 4 is 29.3 Å². The molecule has 2 aromatic carbocycles. The number of hydrogen-bond acceptors (Lipinski definition) is 6. The van der Waals surface area contributed by atoms with Gasteiger partial charge in [0.25, 0.3) is 11.6 Å². The molecule has 0 N–H and O–H groups in total. The van der Waals surface area contributed by atoms with Crippen LogP contribution in [0.1, 0.15) is 54.7 Å². The van der Waals surface area contributed by atoms with Crippen molar-refractivity contribution in [3.05, 3.63) is 75.3 Å². The average Bonchev–Trinajstić information content (AvgIpc) is 2.88. The summed E-state index contributed by atoms with van der Waals surface area (Å²) < 4.78 is 44.6. The SMILES string of the molecule is CC1=NC(=O)N(CCCN(C)C(=O)c2cccc(C(F)(F)F)c2)C(c2cccc([N+](=O)[O-])c2)C1C(=O)OC(C)C. The van der Waals surface area contributed by atoms with Crippen LogP contribution in [0.15, 0.2) is 53.5 Å². The number of carbonyl (C=O) groups excluding carboxylic acids is 3. The van der Waals surface area contributed by atoms with Gasteiger partial charge in [-0.1, -0.05) is 18.2 Å². The predicted molar refractivity (Wildman–Crippen MR) is 139 cm³/mol. The number of carbonyl (C=O) groups is 3. The normalized spacial score (nSPS) is 17.4. The summed E-state index contributed by atoms with van der Waals surface area (Å²) >= 11 is 0. The number of nitrogens with zero attached hydrogens (tertiary/aromatic N) is 4. The van der Waals surface area contributed by atoms with E-state index in [-0.39, 0.29) is 36.5 Å². The summed E-state index contributed by atoms with van der Waals surface area (Å²) in [6.45, 7) is 4.89. The van der Waals surface area contributed by atoms with Gasteiger partial charge < -0.3 is 14.5 Å². The minimum absolute atomic E-state index is 0.00532. The molecule has 3 rings (SSSR count). The maximum atomic E-state index is 13.1. The molecular formula is C27H29F3N4O6. The fourth-order valence-corrected chi connectivity index (χ4v) is 4.48. The van der Waals surface area contributed by atoms with Gasteiger partial charge in [0.1, 0.15) is 5.92 Å². The summed E-state index contributed by atoms with van der Waals surface area (Å²) in [6.07, 6.45) is -4.89. The van der Waals surface area contributed by atoms with E-state index >= 15 is 0 Å². The number of esters is 1. The number of urea groups is 1. The molecule has 2 atom stereocenters. The number of benzene rings is 2. The minimum atomic E-state index is -4.60. The first-order valence-electron chi connectivity index (χ1n) is 12.4. The molecule has 0 saturated carbocycles. The second-order valence-electron chi connectivity index (χ2n) is 9.65. The van der Waals surface area contributed by atoms with Crippen LogP contribution in [-0.4, -0.2) is 64.6 Å². The molecule has 0 aliphatic carbocycles. The lowest BCUT2D eigenvalue weighted by Crippen LogP contribution is -2.48. The number of ether oxygens (including phenoxy) is 1. The lowest BCUT2D eigenvalue weighted by molar-refractivity contribution is -0.385. The molecular weight excluding hydrogens is 533 g/mol. The van der Waals surface area contributed by atoms with Gasteiger partial charge in [0, 0.05) is 43.5 Å². The van der Waals surface area contributed by atoms with Gasteiger partial charge in [-0.3, -0.25) is 19.7 Å². The van der Waals surface area contributed by atoms with E-state index in [0.717, 1.165) is 18.2 Å². The number of hydrogen-bond donors (Lipinski definition) is 0. The molecule has 0 aromatic heterocycles. The number of nitro benzene ring substituents is 1. The zero-order valence-corrected chi connectivity index (χ0v) is 22.3. The van der Waals surface area contributed by atoms with E-state index in [1.165, 1.54) is 48.0 Å². The first kappa shape index (κ1) is 30.3. The third-order valence-corrected chi connectivity index (χ3v) is 6.32. The highest BCUT2D eigenvalue weighted by Crippen LogP contribution is 2.36. The number of non-ortho nitro benzene ring substituents is 1. The topological polar surface area (TPSA) is 122 Å². The maximum absolute atomic E-state index is 13.1. The Bertz CT molecular complexity index is 1330. The van der Waals surface area contributed by atoms with Gasteiger partial charge in [-0.15, -0.1) is 0 Å². The van der Waals surface area contributed by atoms with Crippen LogP contribution in [0.2, 0.25) is 0 Å². The number of alkyl halides is 3. The van der Waals surface area contributed by atoms with Gasteiger partial charge in [0.2, 0.25) is 0 Å². The van der Waals surface area contributed by atoms with Crippen LogP contribution < -0.4 is 0 Å². The van der Waals surface area contributed by atoms with Crippen LogP contribution in [0.3, 0.4) is 0 Å². The fourth-order valence-electron chi connectivity index (χ4n) is 4.48. The lowest BCUT2D eigenvalue weighted by Gasteiger charge is -2.39. The minimum Gasteiger partial charge on any atom is -0.462 e. The van der Waals surface area contributed by atoms with Gasteiger partial charge in [-0.25, -0.2) is 9.79 Å². The first-order chi connectivity index (χ1) is 18.7. The molecule has 0 bridgehead atoms. The summed E-state index contributed by atoms with van der Waals surface area (Å²) in [5.41, 5.74) is -0.792. The van der Waals surface area contributed by atoms with Gasteiger partial charge in [0.05, 0.1) is 22.6 Å². The van der Waals surface area contributed by atoms with Crippen molar-refractivity contribution in [1.29, 1.82) is 0 Å². The molecule has 0 radical (unpaired) electrons. The summed E-state index contributed by atoms with van der Waals surface area (Å²) in [5, 5.41) is 11.4. The Labute approximate surface area is 228 Å². The third-order valence-electron chi connectivity index (χ3n) is 6.32. The molecule has 13 heteroatoms. The first-order valence-corrected chi connectivity index (χ1v) is 12.4. The monoisotopic (exact) mass is 562 g/mol. The summed E-state index contributed by atoms with van der Waals surface area (Å²) in [6, 6.07) is 8.01. The fraction of sp³-hybridized carbons (Fsp3) is 0.407. The molecule has 2 aromatic rings. The quantitative estimate of drug-likeness (QED) is 0.233. The van der Waals surface area contributed by atoms with E-state index in [4.69, 9.17) is 4.74 Å². The number of halogens is 3. The van der Waals surface area contributed by atoms with Gasteiger partial charge in [0.15, 0.2) is 0 Å². The van der Waals surface area contributed by atoms with Gasteiger partial charge in [-0.2, -0.15) is 13.2 Å². The van der Waals surface area contributed by atoms with Crippen molar-refractivity contribution in [2.45, 2.75) is 45.5 Å². The molecule has 2 unspecified atom stereocenters. The van der Waals surface area contributed by atoms with Crippen LogP contribution in [0.25, 0.3) is 0 Å². The van der Waals surface area contributed by atoms with Crippen molar-refractivity contribution in [1.82, 2.24) is 9.80 Å². The summed E-state index contributed by atoms with van der Waals surface area (Å²) in [5.74, 6) is -2.33. The molecule has 3 amide bonds. The molecule has 214 valence electrons. The predicted octanol–water partition coefficient (Wildman–Crippen LogP) is 5.28. The Kier molecular flexibility index (Phi) is 9.28. The highest BCUT2D eigenvalue weighted by molar-refractivity contribution is 6.08. The van der Waals surface area contributed by atoms with Crippen molar-refractivity contribution in [2.75, 3.05) is 20.1 Å².